The number of rotatable bonds is 1. The lowest BCUT2D eigenvalue weighted by atomic mass is 10.2. The predicted molar refractivity (Wildman–Crippen MR) is 44.5 cm³/mol. The highest BCUT2D eigenvalue weighted by Crippen LogP contribution is 1.81. The molecule has 0 radical (unpaired) electrons. The summed E-state index contributed by atoms with van der Waals surface area (Å²) in [5.74, 6) is 0.662. The Balaban J connectivity index is -0.0000000800. The zero-order chi connectivity index (χ0) is 4.28. The third-order valence-corrected chi connectivity index (χ3v) is 0.471. The van der Waals surface area contributed by atoms with Crippen LogP contribution in [0.5, 0.6) is 0 Å². The summed E-state index contributed by atoms with van der Waals surface area (Å²) >= 11 is 0. The van der Waals surface area contributed by atoms with Crippen molar-refractivity contribution >= 4 is 34.0 Å². The van der Waals surface area contributed by atoms with E-state index in [1.54, 1.807) is 0 Å². The van der Waals surface area contributed by atoms with Gasteiger partial charge in [-0.3, -0.25) is 0 Å². The molecular formula is C4H13Br2N. The van der Waals surface area contributed by atoms with Crippen LogP contribution in [0.3, 0.4) is 0 Å². The van der Waals surface area contributed by atoms with Crippen molar-refractivity contribution in [2.75, 3.05) is 6.54 Å². The van der Waals surface area contributed by atoms with E-state index in [9.17, 15) is 0 Å². The van der Waals surface area contributed by atoms with E-state index >= 15 is 0 Å². The lowest BCUT2D eigenvalue weighted by Gasteiger charge is -1.91. The minimum Gasteiger partial charge on any atom is -0.330 e. The van der Waals surface area contributed by atoms with E-state index in [0.29, 0.717) is 5.92 Å². The van der Waals surface area contributed by atoms with Gasteiger partial charge in [0.25, 0.3) is 0 Å². The van der Waals surface area contributed by atoms with Crippen molar-refractivity contribution in [3.8, 4) is 0 Å². The summed E-state index contributed by atoms with van der Waals surface area (Å²) in [7, 11) is 0. The molecule has 0 saturated heterocycles. The van der Waals surface area contributed by atoms with Crippen molar-refractivity contribution in [2.24, 2.45) is 11.7 Å². The standard InChI is InChI=1S/C4H11N.2BrH/c1-4(2)3-5;;/h4H,3,5H2,1-2H3;2*1H. The topological polar surface area (TPSA) is 26.0 Å². The smallest absolute Gasteiger partial charge is 0.00541 e. The molecule has 0 aliphatic rings. The van der Waals surface area contributed by atoms with Crippen LogP contribution >= 0.6 is 34.0 Å². The normalized spacial score (nSPS) is 6.86. The highest BCUT2D eigenvalue weighted by atomic mass is 79.9. The fourth-order valence-corrected chi connectivity index (χ4v) is 0. The highest BCUT2D eigenvalue weighted by molar-refractivity contribution is 8.93. The van der Waals surface area contributed by atoms with Gasteiger partial charge in [-0.1, -0.05) is 13.8 Å². The van der Waals surface area contributed by atoms with Gasteiger partial charge in [0.2, 0.25) is 0 Å². The minimum atomic E-state index is 0. The Morgan fingerprint density at radius 3 is 1.43 bits per heavy atom. The van der Waals surface area contributed by atoms with Gasteiger partial charge in [0.15, 0.2) is 0 Å². The summed E-state index contributed by atoms with van der Waals surface area (Å²) < 4.78 is 0. The Morgan fingerprint density at radius 2 is 1.43 bits per heavy atom. The summed E-state index contributed by atoms with van der Waals surface area (Å²) in [6.45, 7) is 5.00. The van der Waals surface area contributed by atoms with Crippen molar-refractivity contribution in [1.82, 2.24) is 0 Å². The number of hydrogen-bond acceptors (Lipinski definition) is 1. The minimum absolute atomic E-state index is 0. The van der Waals surface area contributed by atoms with Gasteiger partial charge in [-0.05, 0) is 12.5 Å². The fourth-order valence-electron chi connectivity index (χ4n) is 0. The third-order valence-electron chi connectivity index (χ3n) is 0.471. The van der Waals surface area contributed by atoms with Gasteiger partial charge in [-0.25, -0.2) is 0 Å². The molecule has 0 rings (SSSR count). The Labute approximate surface area is 66.2 Å². The van der Waals surface area contributed by atoms with E-state index in [-0.39, 0.29) is 34.0 Å². The fraction of sp³-hybridized carbons (Fsp3) is 1.00. The second-order valence-corrected chi connectivity index (χ2v) is 1.63. The lowest BCUT2D eigenvalue weighted by Crippen LogP contribution is -2.05. The molecule has 0 amide bonds. The van der Waals surface area contributed by atoms with Crippen LogP contribution in [0.2, 0.25) is 0 Å². The SMILES string of the molecule is Br.Br.CC(C)CN. The van der Waals surface area contributed by atoms with Crippen molar-refractivity contribution < 1.29 is 0 Å². The molecule has 0 spiro atoms. The number of nitrogens with two attached hydrogens (primary N) is 1. The molecule has 0 saturated carbocycles. The third kappa shape index (κ3) is 19.6. The van der Waals surface area contributed by atoms with Crippen molar-refractivity contribution in [3.05, 3.63) is 0 Å². The first-order valence-corrected chi connectivity index (χ1v) is 1.97. The Bertz CT molecular complexity index is 23.7. The summed E-state index contributed by atoms with van der Waals surface area (Å²) in [5.41, 5.74) is 5.17. The van der Waals surface area contributed by atoms with Gasteiger partial charge in [-0.15, -0.1) is 34.0 Å². The molecule has 0 aromatic heterocycles. The van der Waals surface area contributed by atoms with Gasteiger partial charge in [-0.2, -0.15) is 0 Å². The summed E-state index contributed by atoms with van der Waals surface area (Å²) in [6, 6.07) is 0. The number of halogens is 2. The van der Waals surface area contributed by atoms with Crippen LogP contribution in [0.25, 0.3) is 0 Å². The van der Waals surface area contributed by atoms with Crippen LogP contribution in [0.1, 0.15) is 13.8 Å². The molecular weight excluding hydrogens is 222 g/mol. The Hall–Kier alpha value is 0.920. The van der Waals surface area contributed by atoms with E-state index in [1.807, 2.05) is 0 Å². The molecule has 0 aromatic rings. The predicted octanol–water partition coefficient (Wildman–Crippen LogP) is 1.76. The largest absolute Gasteiger partial charge is 0.330 e. The highest BCUT2D eigenvalue weighted by Gasteiger charge is 1.80. The van der Waals surface area contributed by atoms with Gasteiger partial charge < -0.3 is 5.73 Å². The van der Waals surface area contributed by atoms with Crippen LogP contribution in [0, 0.1) is 5.92 Å². The molecule has 0 aliphatic heterocycles. The van der Waals surface area contributed by atoms with E-state index in [4.69, 9.17) is 5.73 Å². The lowest BCUT2D eigenvalue weighted by molar-refractivity contribution is 0.664. The second-order valence-electron chi connectivity index (χ2n) is 1.63. The molecule has 0 bridgehead atoms. The first-order chi connectivity index (χ1) is 2.27. The van der Waals surface area contributed by atoms with Gasteiger partial charge in [0, 0.05) is 0 Å². The molecule has 0 fully saturated rings. The van der Waals surface area contributed by atoms with Crippen LogP contribution in [0.15, 0.2) is 0 Å². The van der Waals surface area contributed by atoms with E-state index in [0.717, 1.165) is 6.54 Å². The summed E-state index contributed by atoms with van der Waals surface area (Å²) in [4.78, 5) is 0. The van der Waals surface area contributed by atoms with E-state index in [1.165, 1.54) is 0 Å². The molecule has 0 unspecified atom stereocenters. The second kappa shape index (κ2) is 10.0. The molecule has 3 heteroatoms. The molecule has 0 heterocycles. The maximum Gasteiger partial charge on any atom is -0.00541 e. The monoisotopic (exact) mass is 233 g/mol. The van der Waals surface area contributed by atoms with Gasteiger partial charge in [0.05, 0.1) is 0 Å². The molecule has 0 aliphatic carbocycles. The Morgan fingerprint density at radius 1 is 1.29 bits per heavy atom. The zero-order valence-corrected chi connectivity index (χ0v) is 8.10. The summed E-state index contributed by atoms with van der Waals surface area (Å²) in [6.07, 6.45) is 0. The molecule has 7 heavy (non-hydrogen) atoms. The van der Waals surface area contributed by atoms with Crippen LogP contribution in [-0.4, -0.2) is 6.54 Å². The first kappa shape index (κ1) is 15.7. The van der Waals surface area contributed by atoms with Gasteiger partial charge >= 0.3 is 0 Å². The average Bonchev–Trinajstić information content (AvgIpc) is 1.38. The Kier molecular flexibility index (Phi) is 22.4. The number of hydrogen-bond donors (Lipinski definition) is 1. The zero-order valence-electron chi connectivity index (χ0n) is 4.68. The molecule has 2 N–H and O–H groups in total. The molecule has 48 valence electrons. The molecule has 0 aromatic carbocycles. The average molecular weight is 235 g/mol. The van der Waals surface area contributed by atoms with Crippen LogP contribution in [-0.2, 0) is 0 Å². The molecule has 0 atom stereocenters. The van der Waals surface area contributed by atoms with E-state index < -0.39 is 0 Å². The maximum absolute atomic E-state index is 5.17. The van der Waals surface area contributed by atoms with Gasteiger partial charge in [0.1, 0.15) is 0 Å². The first-order valence-electron chi connectivity index (χ1n) is 1.97. The van der Waals surface area contributed by atoms with Crippen LogP contribution < -0.4 is 5.73 Å². The van der Waals surface area contributed by atoms with Crippen LogP contribution in [0.4, 0.5) is 0 Å². The maximum atomic E-state index is 5.17. The quantitative estimate of drug-likeness (QED) is 0.736. The van der Waals surface area contributed by atoms with Crippen molar-refractivity contribution in [1.29, 1.82) is 0 Å². The summed E-state index contributed by atoms with van der Waals surface area (Å²) in [5, 5.41) is 0. The van der Waals surface area contributed by atoms with Crippen molar-refractivity contribution in [2.45, 2.75) is 13.8 Å². The van der Waals surface area contributed by atoms with Crippen molar-refractivity contribution in [3.63, 3.8) is 0 Å². The molecule has 1 nitrogen and oxygen atoms in total. The van der Waals surface area contributed by atoms with E-state index in [2.05, 4.69) is 13.8 Å².